The molecule has 0 atom stereocenters. The standard InChI is InChI=1S/C18H19N3O6/c1-11-8-12(18(23)27-3)4-6-14(11)19-10-17(22)20-15-7-5-13(26-2)9-16(15)21(24)25/h4-9,19H,10H2,1-3H3,(H,20,22). The van der Waals surface area contributed by atoms with E-state index in [1.807, 2.05) is 0 Å². The maximum atomic E-state index is 12.1. The third-order valence-electron chi connectivity index (χ3n) is 3.76. The molecule has 2 N–H and O–H groups in total. The van der Waals surface area contributed by atoms with Crippen molar-refractivity contribution in [3.8, 4) is 5.75 Å². The molecular weight excluding hydrogens is 354 g/mol. The molecule has 9 heteroatoms. The normalized spacial score (nSPS) is 10.0. The highest BCUT2D eigenvalue weighted by molar-refractivity contribution is 5.96. The van der Waals surface area contributed by atoms with E-state index < -0.39 is 16.8 Å². The predicted molar refractivity (Wildman–Crippen MR) is 99.3 cm³/mol. The van der Waals surface area contributed by atoms with E-state index in [-0.39, 0.29) is 17.9 Å². The summed E-state index contributed by atoms with van der Waals surface area (Å²) in [6.07, 6.45) is 0. The zero-order chi connectivity index (χ0) is 20.0. The Morgan fingerprint density at radius 3 is 2.41 bits per heavy atom. The van der Waals surface area contributed by atoms with Gasteiger partial charge in [0.05, 0.1) is 37.3 Å². The Hall–Kier alpha value is -3.62. The van der Waals surface area contributed by atoms with E-state index in [0.29, 0.717) is 17.0 Å². The maximum absolute atomic E-state index is 12.1. The van der Waals surface area contributed by atoms with E-state index in [4.69, 9.17) is 4.74 Å². The Balaban J connectivity index is 2.05. The van der Waals surface area contributed by atoms with Gasteiger partial charge in [-0.05, 0) is 42.8 Å². The predicted octanol–water partition coefficient (Wildman–Crippen LogP) is 2.75. The first-order chi connectivity index (χ1) is 12.8. The highest BCUT2D eigenvalue weighted by Crippen LogP contribution is 2.28. The molecule has 2 aromatic rings. The van der Waals surface area contributed by atoms with Gasteiger partial charge in [-0.25, -0.2) is 4.79 Å². The summed E-state index contributed by atoms with van der Waals surface area (Å²) in [5, 5.41) is 16.6. The average molecular weight is 373 g/mol. The molecule has 0 unspecified atom stereocenters. The van der Waals surface area contributed by atoms with Crippen molar-refractivity contribution in [3.63, 3.8) is 0 Å². The zero-order valence-corrected chi connectivity index (χ0v) is 15.1. The molecule has 0 aliphatic heterocycles. The van der Waals surface area contributed by atoms with Crippen LogP contribution in [0.3, 0.4) is 0 Å². The van der Waals surface area contributed by atoms with Crippen LogP contribution in [0.15, 0.2) is 36.4 Å². The van der Waals surface area contributed by atoms with E-state index in [1.165, 1.54) is 32.4 Å². The molecule has 9 nitrogen and oxygen atoms in total. The summed E-state index contributed by atoms with van der Waals surface area (Å²) in [7, 11) is 2.70. The van der Waals surface area contributed by atoms with Crippen molar-refractivity contribution in [1.29, 1.82) is 0 Å². The van der Waals surface area contributed by atoms with Gasteiger partial charge >= 0.3 is 5.97 Å². The SMILES string of the molecule is COC(=O)c1ccc(NCC(=O)Nc2ccc(OC)cc2[N+](=O)[O-])c(C)c1. The van der Waals surface area contributed by atoms with Crippen LogP contribution in [0.5, 0.6) is 5.75 Å². The third-order valence-corrected chi connectivity index (χ3v) is 3.76. The van der Waals surface area contributed by atoms with Gasteiger partial charge in [-0.15, -0.1) is 0 Å². The summed E-state index contributed by atoms with van der Waals surface area (Å²) < 4.78 is 9.61. The number of anilines is 2. The van der Waals surface area contributed by atoms with Gasteiger partial charge in [0.2, 0.25) is 5.91 Å². The number of nitrogens with one attached hydrogen (secondary N) is 2. The number of hydrogen-bond donors (Lipinski definition) is 2. The Morgan fingerprint density at radius 1 is 1.11 bits per heavy atom. The van der Waals surface area contributed by atoms with Crippen LogP contribution < -0.4 is 15.4 Å². The van der Waals surface area contributed by atoms with Gasteiger partial charge in [-0.1, -0.05) is 0 Å². The number of ether oxygens (including phenoxy) is 2. The quantitative estimate of drug-likeness (QED) is 0.435. The molecule has 0 fully saturated rings. The van der Waals surface area contributed by atoms with Crippen LogP contribution in [0.25, 0.3) is 0 Å². The van der Waals surface area contributed by atoms with Crippen LogP contribution >= 0.6 is 0 Å². The maximum Gasteiger partial charge on any atom is 0.337 e. The van der Waals surface area contributed by atoms with Gasteiger partial charge in [-0.2, -0.15) is 0 Å². The smallest absolute Gasteiger partial charge is 0.337 e. The minimum atomic E-state index is -0.596. The minimum absolute atomic E-state index is 0.0744. The Bertz CT molecular complexity index is 881. The Morgan fingerprint density at radius 2 is 1.81 bits per heavy atom. The molecule has 1 amide bonds. The molecule has 0 saturated carbocycles. The Kier molecular flexibility index (Phi) is 6.32. The van der Waals surface area contributed by atoms with E-state index in [0.717, 1.165) is 5.56 Å². The summed E-state index contributed by atoms with van der Waals surface area (Å²) in [6.45, 7) is 1.67. The number of rotatable bonds is 7. The summed E-state index contributed by atoms with van der Waals surface area (Å²) in [4.78, 5) is 34.2. The number of aryl methyl sites for hydroxylation is 1. The molecule has 0 aliphatic carbocycles. The highest BCUT2D eigenvalue weighted by Gasteiger charge is 2.17. The van der Waals surface area contributed by atoms with E-state index in [1.54, 1.807) is 25.1 Å². The van der Waals surface area contributed by atoms with Crippen molar-refractivity contribution >= 4 is 28.9 Å². The second-order valence-corrected chi connectivity index (χ2v) is 5.56. The molecule has 0 radical (unpaired) electrons. The summed E-state index contributed by atoms with van der Waals surface area (Å²) >= 11 is 0. The molecule has 27 heavy (non-hydrogen) atoms. The molecule has 0 bridgehead atoms. The van der Waals surface area contributed by atoms with E-state index in [2.05, 4.69) is 15.4 Å². The number of benzene rings is 2. The Labute approximate surface area is 155 Å². The van der Waals surface area contributed by atoms with Crippen molar-refractivity contribution in [2.75, 3.05) is 31.4 Å². The lowest BCUT2D eigenvalue weighted by Gasteiger charge is -2.11. The van der Waals surface area contributed by atoms with Gasteiger partial charge in [0, 0.05) is 5.69 Å². The third kappa shape index (κ3) is 4.94. The van der Waals surface area contributed by atoms with Crippen molar-refractivity contribution in [3.05, 3.63) is 57.6 Å². The number of amides is 1. The van der Waals surface area contributed by atoms with Crippen LogP contribution in [0.1, 0.15) is 15.9 Å². The average Bonchev–Trinajstić information content (AvgIpc) is 2.66. The highest BCUT2D eigenvalue weighted by atomic mass is 16.6. The minimum Gasteiger partial charge on any atom is -0.496 e. The second kappa shape index (κ2) is 8.65. The number of nitro benzene ring substituents is 1. The largest absolute Gasteiger partial charge is 0.496 e. The summed E-state index contributed by atoms with van der Waals surface area (Å²) in [5.74, 6) is -0.590. The first-order valence-corrected chi connectivity index (χ1v) is 7.90. The number of esters is 1. The number of methoxy groups -OCH3 is 2. The van der Waals surface area contributed by atoms with Gasteiger partial charge in [-0.3, -0.25) is 14.9 Å². The van der Waals surface area contributed by atoms with Gasteiger partial charge in [0.1, 0.15) is 11.4 Å². The number of hydrogen-bond acceptors (Lipinski definition) is 7. The molecule has 0 aliphatic rings. The van der Waals surface area contributed by atoms with Crippen molar-refractivity contribution < 1.29 is 24.0 Å². The lowest BCUT2D eigenvalue weighted by atomic mass is 10.1. The van der Waals surface area contributed by atoms with Crippen LogP contribution in [0.4, 0.5) is 17.1 Å². The molecule has 0 heterocycles. The zero-order valence-electron chi connectivity index (χ0n) is 15.1. The molecule has 2 aromatic carbocycles. The van der Waals surface area contributed by atoms with Crippen LogP contribution in [0, 0.1) is 17.0 Å². The number of carbonyl (C=O) groups is 2. The molecule has 142 valence electrons. The fourth-order valence-corrected chi connectivity index (χ4v) is 2.37. The van der Waals surface area contributed by atoms with E-state index in [9.17, 15) is 19.7 Å². The first kappa shape index (κ1) is 19.7. The first-order valence-electron chi connectivity index (χ1n) is 7.90. The summed E-state index contributed by atoms with van der Waals surface area (Å²) in [5.41, 5.74) is 1.62. The molecular formula is C18H19N3O6. The molecule has 0 spiro atoms. The fraction of sp³-hybridized carbons (Fsp3) is 0.222. The lowest BCUT2D eigenvalue weighted by Crippen LogP contribution is -2.22. The molecule has 0 aromatic heterocycles. The topological polar surface area (TPSA) is 120 Å². The van der Waals surface area contributed by atoms with Crippen molar-refractivity contribution in [2.24, 2.45) is 0 Å². The summed E-state index contributed by atoms with van der Waals surface area (Å²) in [6, 6.07) is 9.04. The van der Waals surface area contributed by atoms with Crippen LogP contribution in [0.2, 0.25) is 0 Å². The second-order valence-electron chi connectivity index (χ2n) is 5.56. The van der Waals surface area contributed by atoms with Gasteiger partial charge in [0.25, 0.3) is 5.69 Å². The van der Waals surface area contributed by atoms with Gasteiger partial charge < -0.3 is 20.1 Å². The van der Waals surface area contributed by atoms with E-state index >= 15 is 0 Å². The molecule has 2 rings (SSSR count). The monoisotopic (exact) mass is 373 g/mol. The lowest BCUT2D eigenvalue weighted by molar-refractivity contribution is -0.384. The molecule has 0 saturated heterocycles. The number of carbonyl (C=O) groups excluding carboxylic acids is 2. The number of nitrogens with zero attached hydrogens (tertiary/aromatic N) is 1. The van der Waals surface area contributed by atoms with Crippen LogP contribution in [-0.4, -0.2) is 37.6 Å². The number of nitro groups is 1. The van der Waals surface area contributed by atoms with Crippen molar-refractivity contribution in [1.82, 2.24) is 0 Å². The fourth-order valence-electron chi connectivity index (χ4n) is 2.37. The van der Waals surface area contributed by atoms with Crippen molar-refractivity contribution in [2.45, 2.75) is 6.92 Å². The van der Waals surface area contributed by atoms with Crippen LogP contribution in [-0.2, 0) is 9.53 Å². The van der Waals surface area contributed by atoms with Gasteiger partial charge in [0.15, 0.2) is 0 Å².